The van der Waals surface area contributed by atoms with Crippen LogP contribution < -0.4 is 20.9 Å². The molecular weight excluding hydrogens is 649 g/mol. The Morgan fingerprint density at radius 1 is 1.06 bits per heavy atom. The van der Waals surface area contributed by atoms with Crippen LogP contribution in [0.5, 0.6) is 0 Å². The van der Waals surface area contributed by atoms with Crippen LogP contribution in [0.1, 0.15) is 61.6 Å². The number of halogens is 1. The second kappa shape index (κ2) is 15.3. The summed E-state index contributed by atoms with van der Waals surface area (Å²) in [5.74, 6) is -0.504. The summed E-state index contributed by atoms with van der Waals surface area (Å²) in [7, 11) is 1.78. The molecule has 3 amide bonds. The average molecular weight is 690 g/mol. The van der Waals surface area contributed by atoms with E-state index >= 15 is 4.39 Å². The Labute approximate surface area is 288 Å². The van der Waals surface area contributed by atoms with Crippen LogP contribution in [0.2, 0.25) is 0 Å². The maximum Gasteiger partial charge on any atom is 0.412 e. The van der Waals surface area contributed by atoms with E-state index in [1.807, 2.05) is 30.3 Å². The van der Waals surface area contributed by atoms with Crippen molar-refractivity contribution in [1.82, 2.24) is 20.1 Å². The fourth-order valence-electron chi connectivity index (χ4n) is 5.40. The largest absolute Gasteiger partial charge is 0.445 e. The Hall–Kier alpha value is -5.24. The first-order valence-electron chi connectivity index (χ1n) is 15.9. The Kier molecular flexibility index (Phi) is 11.0. The molecule has 5 rings (SSSR count). The second-order valence-corrected chi connectivity index (χ2v) is 13.5. The van der Waals surface area contributed by atoms with Gasteiger partial charge in [-0.25, -0.2) is 19.0 Å². The molecule has 0 aliphatic carbocycles. The second-order valence-electron chi connectivity index (χ2n) is 12.5. The van der Waals surface area contributed by atoms with Crippen LogP contribution in [0.4, 0.5) is 30.5 Å². The van der Waals surface area contributed by atoms with Gasteiger partial charge in [-0.05, 0) is 51.7 Å². The number of aryl methyl sites for hydroxylation is 1. The first kappa shape index (κ1) is 35.1. The number of nitrogens with zero attached hydrogens (tertiary/aromatic N) is 4. The predicted octanol–water partition coefficient (Wildman–Crippen LogP) is 7.21. The fraction of sp³-hybridized carbons (Fsp3) is 0.343. The number of rotatable bonds is 9. The SMILES string of the molecule is C=Cc1cccc(-c2nc(C(=O)Nc3cnn(C)c3N3CCCC(NC(=O)OCc4ccccc4)CC3)c(NC(=O)OC(C)(C)C)s2)c1F. The summed E-state index contributed by atoms with van der Waals surface area (Å²) in [6.07, 6.45) is 3.85. The molecule has 12 nitrogen and oxygen atoms in total. The van der Waals surface area contributed by atoms with E-state index < -0.39 is 29.5 Å². The minimum Gasteiger partial charge on any atom is -0.445 e. The minimum absolute atomic E-state index is 0.0885. The smallest absolute Gasteiger partial charge is 0.412 e. The number of hydrogen-bond donors (Lipinski definition) is 3. The monoisotopic (exact) mass is 689 g/mol. The highest BCUT2D eigenvalue weighted by Gasteiger charge is 2.28. The lowest BCUT2D eigenvalue weighted by atomic mass is 10.1. The number of anilines is 3. The number of ether oxygens (including phenoxy) is 2. The van der Waals surface area contributed by atoms with Gasteiger partial charge in [0.05, 0.1) is 6.20 Å². The molecule has 2 aromatic heterocycles. The molecule has 49 heavy (non-hydrogen) atoms. The normalized spacial score (nSPS) is 14.8. The molecule has 0 radical (unpaired) electrons. The Bertz CT molecular complexity index is 1820. The number of benzene rings is 2. The molecule has 0 saturated carbocycles. The van der Waals surface area contributed by atoms with Crippen molar-refractivity contribution in [2.24, 2.45) is 7.05 Å². The highest BCUT2D eigenvalue weighted by Crippen LogP contribution is 2.36. The number of carbonyl (C=O) groups is 3. The van der Waals surface area contributed by atoms with Crippen molar-refractivity contribution in [3.8, 4) is 10.6 Å². The van der Waals surface area contributed by atoms with Crippen LogP contribution in [-0.2, 0) is 23.1 Å². The molecule has 2 aromatic carbocycles. The lowest BCUT2D eigenvalue weighted by Crippen LogP contribution is -2.36. The van der Waals surface area contributed by atoms with Crippen LogP contribution >= 0.6 is 11.3 Å². The zero-order valence-corrected chi connectivity index (χ0v) is 28.7. The first-order chi connectivity index (χ1) is 23.4. The van der Waals surface area contributed by atoms with Gasteiger partial charge in [0, 0.05) is 37.3 Å². The lowest BCUT2D eigenvalue weighted by Gasteiger charge is -2.24. The van der Waals surface area contributed by atoms with Crippen LogP contribution in [-0.4, -0.2) is 57.6 Å². The third-order valence-electron chi connectivity index (χ3n) is 7.65. The van der Waals surface area contributed by atoms with Crippen molar-refractivity contribution in [3.05, 3.63) is 83.9 Å². The molecule has 3 heterocycles. The van der Waals surface area contributed by atoms with Gasteiger partial charge in [-0.1, -0.05) is 66.5 Å². The van der Waals surface area contributed by atoms with Crippen molar-refractivity contribution in [2.45, 2.75) is 58.3 Å². The number of nitrogens with one attached hydrogen (secondary N) is 3. The minimum atomic E-state index is -0.792. The molecule has 1 saturated heterocycles. The van der Waals surface area contributed by atoms with Gasteiger partial charge < -0.3 is 25.0 Å². The Balaban J connectivity index is 1.31. The summed E-state index contributed by atoms with van der Waals surface area (Å²) in [6, 6.07) is 14.2. The maximum absolute atomic E-state index is 15.3. The quantitative estimate of drug-likeness (QED) is 0.168. The molecule has 0 bridgehead atoms. The number of hydrogen-bond acceptors (Lipinski definition) is 9. The molecule has 0 spiro atoms. The van der Waals surface area contributed by atoms with E-state index in [0.29, 0.717) is 31.0 Å². The van der Waals surface area contributed by atoms with E-state index in [2.05, 4.69) is 37.5 Å². The number of thiazole rings is 1. The van der Waals surface area contributed by atoms with Crippen molar-refractivity contribution >= 4 is 52.0 Å². The predicted molar refractivity (Wildman–Crippen MR) is 188 cm³/mol. The average Bonchev–Trinajstić information content (AvgIpc) is 3.55. The van der Waals surface area contributed by atoms with E-state index in [4.69, 9.17) is 9.47 Å². The number of alkyl carbamates (subject to hydrolysis) is 1. The summed E-state index contributed by atoms with van der Waals surface area (Å²) in [4.78, 5) is 45.6. The molecule has 1 unspecified atom stereocenters. The topological polar surface area (TPSA) is 140 Å². The molecular formula is C35H40FN7O5S. The Morgan fingerprint density at radius 3 is 2.57 bits per heavy atom. The van der Waals surface area contributed by atoms with Crippen molar-refractivity contribution in [2.75, 3.05) is 28.6 Å². The molecule has 1 aliphatic rings. The highest BCUT2D eigenvalue weighted by atomic mass is 32.1. The van der Waals surface area contributed by atoms with Gasteiger partial charge >= 0.3 is 12.2 Å². The fourth-order valence-corrected chi connectivity index (χ4v) is 6.37. The molecule has 1 atom stereocenters. The van der Waals surface area contributed by atoms with E-state index in [0.717, 1.165) is 29.7 Å². The number of aromatic nitrogens is 3. The summed E-state index contributed by atoms with van der Waals surface area (Å²) < 4.78 is 27.8. The van der Waals surface area contributed by atoms with Gasteiger partial charge in [0.15, 0.2) is 11.5 Å². The number of carbonyl (C=O) groups excluding carboxylic acids is 3. The van der Waals surface area contributed by atoms with Crippen LogP contribution in [0.25, 0.3) is 16.6 Å². The van der Waals surface area contributed by atoms with Gasteiger partial charge in [-0.15, -0.1) is 0 Å². The van der Waals surface area contributed by atoms with Crippen LogP contribution in [0.3, 0.4) is 0 Å². The summed E-state index contributed by atoms with van der Waals surface area (Å²) in [5.41, 5.74) is 0.869. The summed E-state index contributed by atoms with van der Waals surface area (Å²) in [5, 5.41) is 13.2. The molecule has 3 N–H and O–H groups in total. The van der Waals surface area contributed by atoms with Gasteiger partial charge in [0.25, 0.3) is 5.91 Å². The zero-order chi connectivity index (χ0) is 35.1. The van der Waals surface area contributed by atoms with E-state index in [9.17, 15) is 14.4 Å². The molecule has 1 fully saturated rings. The molecule has 1 aliphatic heterocycles. The van der Waals surface area contributed by atoms with Crippen molar-refractivity contribution < 1.29 is 28.2 Å². The highest BCUT2D eigenvalue weighted by molar-refractivity contribution is 7.19. The molecule has 4 aromatic rings. The van der Waals surface area contributed by atoms with E-state index in [-0.39, 0.29) is 39.5 Å². The van der Waals surface area contributed by atoms with E-state index in [1.165, 1.54) is 12.3 Å². The molecule has 14 heteroatoms. The first-order valence-corrected chi connectivity index (χ1v) is 16.7. The Morgan fingerprint density at radius 2 is 1.84 bits per heavy atom. The van der Waals surface area contributed by atoms with Gasteiger partial charge in [0.2, 0.25) is 0 Å². The number of amides is 3. The summed E-state index contributed by atoms with van der Waals surface area (Å²) in [6.45, 7) is 10.2. The summed E-state index contributed by atoms with van der Waals surface area (Å²) >= 11 is 0.952. The van der Waals surface area contributed by atoms with Crippen molar-refractivity contribution in [1.29, 1.82) is 0 Å². The van der Waals surface area contributed by atoms with Crippen LogP contribution in [0.15, 0.2) is 61.3 Å². The third-order valence-corrected chi connectivity index (χ3v) is 8.66. The van der Waals surface area contributed by atoms with Crippen LogP contribution in [0, 0.1) is 5.82 Å². The maximum atomic E-state index is 15.3. The zero-order valence-electron chi connectivity index (χ0n) is 27.9. The lowest BCUT2D eigenvalue weighted by molar-refractivity contribution is 0.0636. The van der Waals surface area contributed by atoms with Gasteiger partial charge in [0.1, 0.15) is 33.7 Å². The van der Waals surface area contributed by atoms with Gasteiger partial charge in [-0.3, -0.25) is 14.8 Å². The third kappa shape index (κ3) is 9.02. The van der Waals surface area contributed by atoms with E-state index in [1.54, 1.807) is 50.7 Å². The van der Waals surface area contributed by atoms with Gasteiger partial charge in [-0.2, -0.15) is 5.10 Å². The standard InChI is InChI=1S/C35H40FN7O5S/c1-6-23-14-10-16-25(27(23)36)30-40-28(31(49-30)41-34(46)48-35(2,3)4)29(44)39-26-20-37-42(5)32(26)43-18-11-15-24(17-19-43)38-33(45)47-21-22-12-8-7-9-13-22/h6-10,12-14,16,20,24H,1,11,15,17-19,21H2,2-5H3,(H,38,45)(H,39,44)(H,41,46). The van der Waals surface area contributed by atoms with Crippen molar-refractivity contribution in [3.63, 3.8) is 0 Å². The molecule has 258 valence electrons.